The number of nitrogens with two attached hydrogens (primary N) is 1. The van der Waals surface area contributed by atoms with Crippen molar-refractivity contribution in [3.8, 4) is 11.3 Å². The van der Waals surface area contributed by atoms with E-state index < -0.39 is 5.91 Å². The number of primary amides is 1. The van der Waals surface area contributed by atoms with E-state index in [1.807, 2.05) is 12.1 Å². The molecule has 0 atom stereocenters. The number of carbonyl (C=O) groups is 1. The third-order valence-corrected chi connectivity index (χ3v) is 2.67. The zero-order chi connectivity index (χ0) is 11.5. The van der Waals surface area contributed by atoms with E-state index in [1.165, 1.54) is 6.33 Å². The van der Waals surface area contributed by atoms with Crippen LogP contribution in [0.15, 0.2) is 36.7 Å². The Kier molecular flexibility index (Phi) is 3.14. The monoisotopic (exact) mass is 325 g/mol. The molecule has 2 aromatic rings. The summed E-state index contributed by atoms with van der Waals surface area (Å²) in [5, 5.41) is 0. The first-order chi connectivity index (χ1) is 7.66. The van der Waals surface area contributed by atoms with Crippen LogP contribution < -0.4 is 5.73 Å². The van der Waals surface area contributed by atoms with Crippen LogP contribution in [-0.4, -0.2) is 15.9 Å². The van der Waals surface area contributed by atoms with Gasteiger partial charge in [0.05, 0.1) is 5.69 Å². The maximum atomic E-state index is 11.0. The Morgan fingerprint density at radius 1 is 1.25 bits per heavy atom. The molecule has 0 unspecified atom stereocenters. The first-order valence-electron chi connectivity index (χ1n) is 4.54. The summed E-state index contributed by atoms with van der Waals surface area (Å²) in [6, 6.07) is 8.91. The van der Waals surface area contributed by atoms with Crippen LogP contribution in [-0.2, 0) is 0 Å². The van der Waals surface area contributed by atoms with Gasteiger partial charge in [0.2, 0.25) is 5.91 Å². The Hall–Kier alpha value is -1.50. The summed E-state index contributed by atoms with van der Waals surface area (Å²) in [4.78, 5) is 19.2. The second kappa shape index (κ2) is 4.56. The molecule has 0 aliphatic heterocycles. The van der Waals surface area contributed by atoms with Crippen molar-refractivity contribution in [3.05, 3.63) is 45.9 Å². The average Bonchev–Trinajstić information content (AvgIpc) is 2.29. The lowest BCUT2D eigenvalue weighted by Crippen LogP contribution is -2.10. The molecule has 0 spiro atoms. The van der Waals surface area contributed by atoms with E-state index >= 15 is 0 Å². The molecule has 5 heteroatoms. The molecule has 2 rings (SSSR count). The van der Waals surface area contributed by atoms with Crippen LogP contribution in [0.3, 0.4) is 0 Å². The molecule has 0 saturated carbocycles. The standard InChI is InChI=1S/C11H8IN3O/c12-10-5-9(14-6-15-10)7-2-1-3-8(4-7)11(13)16/h1-6H,(H2,13,16). The highest BCUT2D eigenvalue weighted by Gasteiger charge is 2.04. The Balaban J connectivity index is 2.48. The summed E-state index contributed by atoms with van der Waals surface area (Å²) in [5.74, 6) is -0.439. The molecule has 0 aliphatic rings. The SMILES string of the molecule is NC(=O)c1cccc(-c2cc(I)ncn2)c1. The summed E-state index contributed by atoms with van der Waals surface area (Å²) in [5.41, 5.74) is 7.33. The Labute approximate surface area is 106 Å². The minimum Gasteiger partial charge on any atom is -0.366 e. The molecule has 0 aliphatic carbocycles. The van der Waals surface area contributed by atoms with E-state index in [2.05, 4.69) is 32.6 Å². The van der Waals surface area contributed by atoms with E-state index in [-0.39, 0.29) is 0 Å². The minimum absolute atomic E-state index is 0.439. The first kappa shape index (κ1) is 11.0. The molecule has 80 valence electrons. The highest BCUT2D eigenvalue weighted by atomic mass is 127. The maximum absolute atomic E-state index is 11.0. The van der Waals surface area contributed by atoms with Crippen LogP contribution in [0.25, 0.3) is 11.3 Å². The zero-order valence-electron chi connectivity index (χ0n) is 8.22. The lowest BCUT2D eigenvalue weighted by molar-refractivity contribution is 0.100. The average molecular weight is 325 g/mol. The molecule has 1 aromatic carbocycles. The lowest BCUT2D eigenvalue weighted by atomic mass is 10.1. The van der Waals surface area contributed by atoms with Gasteiger partial charge in [-0.3, -0.25) is 4.79 Å². The smallest absolute Gasteiger partial charge is 0.248 e. The van der Waals surface area contributed by atoms with Gasteiger partial charge in [0.25, 0.3) is 0 Å². The lowest BCUT2D eigenvalue weighted by Gasteiger charge is -2.02. The van der Waals surface area contributed by atoms with Crippen molar-refractivity contribution in [2.24, 2.45) is 5.73 Å². The molecule has 0 saturated heterocycles. The number of hydrogen-bond donors (Lipinski definition) is 1. The fourth-order valence-corrected chi connectivity index (χ4v) is 1.74. The van der Waals surface area contributed by atoms with Crippen LogP contribution in [0.5, 0.6) is 0 Å². The molecule has 1 aromatic heterocycles. The van der Waals surface area contributed by atoms with Gasteiger partial charge in [0.1, 0.15) is 10.0 Å². The molecule has 2 N–H and O–H groups in total. The van der Waals surface area contributed by atoms with Gasteiger partial charge in [-0.25, -0.2) is 9.97 Å². The predicted octanol–water partition coefficient (Wildman–Crippen LogP) is 1.85. The number of aromatic nitrogens is 2. The van der Waals surface area contributed by atoms with Gasteiger partial charge < -0.3 is 5.73 Å². The van der Waals surface area contributed by atoms with Crippen molar-refractivity contribution in [2.45, 2.75) is 0 Å². The van der Waals surface area contributed by atoms with Gasteiger partial charge in [0.15, 0.2) is 0 Å². The van der Waals surface area contributed by atoms with Crippen molar-refractivity contribution in [3.63, 3.8) is 0 Å². The number of rotatable bonds is 2. The van der Waals surface area contributed by atoms with Gasteiger partial charge in [-0.1, -0.05) is 12.1 Å². The first-order valence-corrected chi connectivity index (χ1v) is 5.62. The number of halogens is 1. The number of nitrogens with zero attached hydrogens (tertiary/aromatic N) is 2. The molecule has 1 heterocycles. The van der Waals surface area contributed by atoms with Gasteiger partial charge >= 0.3 is 0 Å². The van der Waals surface area contributed by atoms with Crippen molar-refractivity contribution in [2.75, 3.05) is 0 Å². The topological polar surface area (TPSA) is 68.9 Å². The van der Waals surface area contributed by atoms with Crippen LogP contribution in [0, 0.1) is 3.70 Å². The maximum Gasteiger partial charge on any atom is 0.248 e. The fraction of sp³-hybridized carbons (Fsp3) is 0. The van der Waals surface area contributed by atoms with Crippen molar-refractivity contribution in [1.29, 1.82) is 0 Å². The largest absolute Gasteiger partial charge is 0.366 e. The normalized spacial score (nSPS) is 10.1. The molecule has 1 amide bonds. The van der Waals surface area contributed by atoms with E-state index in [4.69, 9.17) is 5.73 Å². The summed E-state index contributed by atoms with van der Waals surface area (Å²) in [7, 11) is 0. The van der Waals surface area contributed by atoms with Crippen LogP contribution in [0.4, 0.5) is 0 Å². The number of hydrogen-bond acceptors (Lipinski definition) is 3. The van der Waals surface area contributed by atoms with Gasteiger partial charge in [-0.15, -0.1) is 0 Å². The predicted molar refractivity (Wildman–Crippen MR) is 68.7 cm³/mol. The summed E-state index contributed by atoms with van der Waals surface area (Å²) >= 11 is 2.11. The summed E-state index contributed by atoms with van der Waals surface area (Å²) in [6.45, 7) is 0. The zero-order valence-corrected chi connectivity index (χ0v) is 10.4. The number of carbonyl (C=O) groups excluding carboxylic acids is 1. The summed E-state index contributed by atoms with van der Waals surface area (Å²) < 4.78 is 0.854. The number of benzene rings is 1. The quantitative estimate of drug-likeness (QED) is 0.677. The molecule has 0 fully saturated rings. The van der Waals surface area contributed by atoms with Gasteiger partial charge in [-0.05, 0) is 40.8 Å². The Morgan fingerprint density at radius 3 is 2.75 bits per heavy atom. The second-order valence-corrected chi connectivity index (χ2v) is 4.28. The Bertz CT molecular complexity index is 542. The molecular formula is C11H8IN3O. The second-order valence-electron chi connectivity index (χ2n) is 3.17. The third kappa shape index (κ3) is 2.35. The van der Waals surface area contributed by atoms with Gasteiger partial charge in [-0.2, -0.15) is 0 Å². The Morgan fingerprint density at radius 2 is 2.06 bits per heavy atom. The summed E-state index contributed by atoms with van der Waals surface area (Å²) in [6.07, 6.45) is 1.49. The highest BCUT2D eigenvalue weighted by Crippen LogP contribution is 2.18. The molecule has 0 radical (unpaired) electrons. The van der Waals surface area contributed by atoms with Crippen molar-refractivity contribution < 1.29 is 4.79 Å². The number of amides is 1. The van der Waals surface area contributed by atoms with Crippen LogP contribution in [0.2, 0.25) is 0 Å². The van der Waals surface area contributed by atoms with Crippen LogP contribution in [0.1, 0.15) is 10.4 Å². The van der Waals surface area contributed by atoms with Crippen molar-refractivity contribution in [1.82, 2.24) is 9.97 Å². The fourth-order valence-electron chi connectivity index (χ4n) is 1.32. The molecule has 16 heavy (non-hydrogen) atoms. The highest BCUT2D eigenvalue weighted by molar-refractivity contribution is 14.1. The van der Waals surface area contributed by atoms with Crippen LogP contribution >= 0.6 is 22.6 Å². The minimum atomic E-state index is -0.439. The van der Waals surface area contributed by atoms with E-state index in [0.717, 1.165) is 15.0 Å². The van der Waals surface area contributed by atoms with Gasteiger partial charge in [0, 0.05) is 11.1 Å². The molecular weight excluding hydrogens is 317 g/mol. The third-order valence-electron chi connectivity index (χ3n) is 2.08. The van der Waals surface area contributed by atoms with E-state index in [0.29, 0.717) is 5.56 Å². The molecule has 4 nitrogen and oxygen atoms in total. The van der Waals surface area contributed by atoms with E-state index in [1.54, 1.807) is 18.2 Å². The molecule has 0 bridgehead atoms. The van der Waals surface area contributed by atoms with Crippen molar-refractivity contribution >= 4 is 28.5 Å². The van der Waals surface area contributed by atoms with E-state index in [9.17, 15) is 4.79 Å².